The minimum Gasteiger partial charge on any atom is -0.465 e. The first-order chi connectivity index (χ1) is 11.1. The molecule has 0 saturated carbocycles. The van der Waals surface area contributed by atoms with E-state index in [-0.39, 0.29) is 13.2 Å². The summed E-state index contributed by atoms with van der Waals surface area (Å²) in [6.07, 6.45) is 0.889. The molecule has 0 bridgehead atoms. The van der Waals surface area contributed by atoms with Gasteiger partial charge in [-0.1, -0.05) is 42.2 Å². The molecule has 0 N–H and O–H groups in total. The normalized spacial score (nSPS) is 12.9. The second-order valence-corrected chi connectivity index (χ2v) is 6.54. The van der Waals surface area contributed by atoms with Crippen molar-refractivity contribution in [1.82, 2.24) is 0 Å². The Balaban J connectivity index is 2.11. The van der Waals surface area contributed by atoms with Crippen molar-refractivity contribution in [1.29, 1.82) is 0 Å². The third-order valence-electron chi connectivity index (χ3n) is 3.33. The van der Waals surface area contributed by atoms with Crippen molar-refractivity contribution in [3.05, 3.63) is 29.8 Å². The van der Waals surface area contributed by atoms with E-state index in [0.717, 1.165) is 30.4 Å². The lowest BCUT2D eigenvalue weighted by Crippen LogP contribution is -2.35. The summed E-state index contributed by atoms with van der Waals surface area (Å²) in [7, 11) is 0. The fraction of sp³-hybridized carbons (Fsp3) is 0.438. The number of para-hydroxylation sites is 1. The molecule has 0 atom stereocenters. The van der Waals surface area contributed by atoms with Crippen LogP contribution >= 0.6 is 24.0 Å². The number of esters is 2. The molecule has 1 aliphatic heterocycles. The number of anilines is 1. The standard InChI is InChI=1S/C16H19NO4S2/c1-3-20-14(18)13(15(19)21-4-2)23-16(22)17-10-9-11-7-5-6-8-12(11)17/h5-8,13H,3-4,9-10H2,1-2H3. The molecular formula is C16H19NO4S2. The highest BCUT2D eigenvalue weighted by molar-refractivity contribution is 8.24. The summed E-state index contributed by atoms with van der Waals surface area (Å²) in [6, 6.07) is 7.97. The van der Waals surface area contributed by atoms with Crippen molar-refractivity contribution in [3.8, 4) is 0 Å². The largest absolute Gasteiger partial charge is 0.465 e. The third kappa shape index (κ3) is 4.23. The Morgan fingerprint density at radius 3 is 2.43 bits per heavy atom. The van der Waals surface area contributed by atoms with Crippen LogP contribution in [-0.2, 0) is 25.5 Å². The van der Waals surface area contributed by atoms with Gasteiger partial charge in [0.15, 0.2) is 0 Å². The van der Waals surface area contributed by atoms with E-state index in [1.807, 2.05) is 23.1 Å². The highest BCUT2D eigenvalue weighted by Crippen LogP contribution is 2.31. The van der Waals surface area contributed by atoms with E-state index in [1.54, 1.807) is 13.8 Å². The van der Waals surface area contributed by atoms with Crippen LogP contribution in [0.4, 0.5) is 5.69 Å². The van der Waals surface area contributed by atoms with Gasteiger partial charge in [0.05, 0.1) is 13.2 Å². The van der Waals surface area contributed by atoms with Gasteiger partial charge in [-0.25, -0.2) is 0 Å². The second-order valence-electron chi connectivity index (χ2n) is 4.80. The Kier molecular flexibility index (Phi) is 6.41. The van der Waals surface area contributed by atoms with Gasteiger partial charge < -0.3 is 14.4 Å². The average molecular weight is 353 g/mol. The molecule has 1 aromatic rings. The van der Waals surface area contributed by atoms with E-state index < -0.39 is 17.2 Å². The first-order valence-corrected chi connectivity index (χ1v) is 8.76. The molecule has 1 aliphatic rings. The summed E-state index contributed by atoms with van der Waals surface area (Å²) in [4.78, 5) is 26.0. The zero-order chi connectivity index (χ0) is 16.8. The Morgan fingerprint density at radius 2 is 1.83 bits per heavy atom. The molecule has 0 radical (unpaired) electrons. The number of rotatable bonds is 5. The number of benzene rings is 1. The minimum absolute atomic E-state index is 0.203. The van der Waals surface area contributed by atoms with Gasteiger partial charge in [0.2, 0.25) is 5.25 Å². The number of thioether (sulfide) groups is 1. The lowest BCUT2D eigenvalue weighted by Gasteiger charge is -2.22. The third-order valence-corrected chi connectivity index (χ3v) is 4.88. The molecule has 0 amide bonds. The van der Waals surface area contributed by atoms with E-state index >= 15 is 0 Å². The Bertz CT molecular complexity index is 587. The Hall–Kier alpha value is -1.60. The number of nitrogens with zero attached hydrogens (tertiary/aromatic N) is 1. The maximum atomic E-state index is 12.0. The molecule has 0 saturated heterocycles. The van der Waals surface area contributed by atoms with Crippen LogP contribution in [0.2, 0.25) is 0 Å². The molecule has 23 heavy (non-hydrogen) atoms. The maximum Gasteiger partial charge on any atom is 0.331 e. The van der Waals surface area contributed by atoms with Gasteiger partial charge in [-0.3, -0.25) is 9.59 Å². The first-order valence-electron chi connectivity index (χ1n) is 7.47. The summed E-state index contributed by atoms with van der Waals surface area (Å²) in [5.41, 5.74) is 2.23. The SMILES string of the molecule is CCOC(=O)C(SC(=S)N1CCc2ccccc21)C(=O)OCC. The number of carbonyl (C=O) groups excluding carboxylic acids is 2. The number of hydrogen-bond acceptors (Lipinski definition) is 6. The lowest BCUT2D eigenvalue weighted by atomic mass is 10.2. The summed E-state index contributed by atoms with van der Waals surface area (Å²) >= 11 is 6.46. The second kappa shape index (κ2) is 8.31. The topological polar surface area (TPSA) is 55.8 Å². The van der Waals surface area contributed by atoms with Gasteiger partial charge in [-0.15, -0.1) is 0 Å². The monoisotopic (exact) mass is 353 g/mol. The fourth-order valence-corrected chi connectivity index (χ4v) is 3.65. The van der Waals surface area contributed by atoms with Crippen LogP contribution in [-0.4, -0.2) is 41.3 Å². The van der Waals surface area contributed by atoms with Crippen LogP contribution in [0.5, 0.6) is 0 Å². The van der Waals surface area contributed by atoms with E-state index in [4.69, 9.17) is 21.7 Å². The van der Waals surface area contributed by atoms with Crippen LogP contribution in [0.1, 0.15) is 19.4 Å². The number of fused-ring (bicyclic) bond motifs is 1. The number of ether oxygens (including phenoxy) is 2. The number of carbonyl (C=O) groups is 2. The predicted octanol–water partition coefficient (Wildman–Crippen LogP) is 2.56. The molecule has 1 aromatic carbocycles. The molecule has 0 fully saturated rings. The molecule has 5 nitrogen and oxygen atoms in total. The van der Waals surface area contributed by atoms with Crippen molar-refractivity contribution < 1.29 is 19.1 Å². The van der Waals surface area contributed by atoms with Crippen molar-refractivity contribution in [2.24, 2.45) is 0 Å². The molecule has 0 spiro atoms. The van der Waals surface area contributed by atoms with Crippen molar-refractivity contribution in [2.45, 2.75) is 25.5 Å². The van der Waals surface area contributed by atoms with Crippen LogP contribution in [0.3, 0.4) is 0 Å². The Morgan fingerprint density at radius 1 is 1.22 bits per heavy atom. The summed E-state index contributed by atoms with van der Waals surface area (Å²) < 4.78 is 10.4. The van der Waals surface area contributed by atoms with E-state index in [1.165, 1.54) is 5.56 Å². The van der Waals surface area contributed by atoms with Gasteiger partial charge in [0, 0.05) is 12.2 Å². The summed E-state index contributed by atoms with van der Waals surface area (Å²) in [5.74, 6) is -1.24. The van der Waals surface area contributed by atoms with Gasteiger partial charge >= 0.3 is 11.9 Å². The van der Waals surface area contributed by atoms with Gasteiger partial charge in [-0.2, -0.15) is 0 Å². The molecule has 1 heterocycles. The smallest absolute Gasteiger partial charge is 0.331 e. The maximum absolute atomic E-state index is 12.0. The molecule has 2 rings (SSSR count). The van der Waals surface area contributed by atoms with Crippen molar-refractivity contribution >= 4 is 45.9 Å². The van der Waals surface area contributed by atoms with Crippen molar-refractivity contribution in [3.63, 3.8) is 0 Å². The molecule has 0 aliphatic carbocycles. The van der Waals surface area contributed by atoms with Crippen LogP contribution in [0.25, 0.3) is 0 Å². The van der Waals surface area contributed by atoms with E-state index in [2.05, 4.69) is 6.07 Å². The molecular weight excluding hydrogens is 334 g/mol. The highest BCUT2D eigenvalue weighted by Gasteiger charge is 2.34. The Labute approximate surface area is 145 Å². The zero-order valence-corrected chi connectivity index (χ0v) is 14.7. The molecule has 0 aromatic heterocycles. The summed E-state index contributed by atoms with van der Waals surface area (Å²) in [5, 5.41) is -1.09. The van der Waals surface area contributed by atoms with Crippen LogP contribution < -0.4 is 4.90 Å². The highest BCUT2D eigenvalue weighted by atomic mass is 32.2. The summed E-state index contributed by atoms with van der Waals surface area (Å²) in [6.45, 7) is 4.53. The van der Waals surface area contributed by atoms with Crippen molar-refractivity contribution in [2.75, 3.05) is 24.7 Å². The average Bonchev–Trinajstić information content (AvgIpc) is 2.96. The first kappa shape index (κ1) is 17.7. The zero-order valence-electron chi connectivity index (χ0n) is 13.1. The molecule has 7 heteroatoms. The quantitative estimate of drug-likeness (QED) is 0.458. The van der Waals surface area contributed by atoms with E-state index in [0.29, 0.717) is 4.32 Å². The van der Waals surface area contributed by atoms with Gasteiger partial charge in [-0.05, 0) is 31.9 Å². The molecule has 0 unspecified atom stereocenters. The minimum atomic E-state index is -1.09. The fourth-order valence-electron chi connectivity index (χ4n) is 2.32. The lowest BCUT2D eigenvalue weighted by molar-refractivity contribution is -0.152. The van der Waals surface area contributed by atoms with Crippen LogP contribution in [0, 0.1) is 0 Å². The molecule has 124 valence electrons. The number of thiocarbonyl (C=S) groups is 1. The van der Waals surface area contributed by atoms with E-state index in [9.17, 15) is 9.59 Å². The van der Waals surface area contributed by atoms with Crippen LogP contribution in [0.15, 0.2) is 24.3 Å². The van der Waals surface area contributed by atoms with Gasteiger partial charge in [0.1, 0.15) is 4.32 Å². The predicted molar refractivity (Wildman–Crippen MR) is 94.7 cm³/mol. The van der Waals surface area contributed by atoms with Gasteiger partial charge in [0.25, 0.3) is 0 Å². The number of hydrogen-bond donors (Lipinski definition) is 0.